The molecule has 1 aliphatic heterocycles. The Labute approximate surface area is 116 Å². The highest BCUT2D eigenvalue weighted by Gasteiger charge is 2.24. The Bertz CT molecular complexity index is 683. The molecule has 0 aliphatic carbocycles. The van der Waals surface area contributed by atoms with Gasteiger partial charge >= 0.3 is 0 Å². The number of anilines is 3. The molecule has 0 saturated carbocycles. The van der Waals surface area contributed by atoms with Crippen LogP contribution in [-0.2, 0) is 6.42 Å². The number of nitrogens with zero attached hydrogens (tertiary/aromatic N) is 4. The predicted molar refractivity (Wildman–Crippen MR) is 77.4 cm³/mol. The number of halogens is 1. The van der Waals surface area contributed by atoms with Crippen molar-refractivity contribution in [3.8, 4) is 0 Å². The van der Waals surface area contributed by atoms with Crippen molar-refractivity contribution in [2.75, 3.05) is 17.2 Å². The molecular weight excluding hydrogens is 257 g/mol. The third-order valence-corrected chi connectivity index (χ3v) is 3.28. The maximum absolute atomic E-state index is 13.3. The Morgan fingerprint density at radius 3 is 3.05 bits per heavy atom. The predicted octanol–water partition coefficient (Wildman–Crippen LogP) is 2.61. The van der Waals surface area contributed by atoms with E-state index in [-0.39, 0.29) is 5.82 Å². The number of hydrogen-bond acceptors (Lipinski definition) is 5. The Kier molecular flexibility index (Phi) is 3.06. The van der Waals surface area contributed by atoms with E-state index in [1.807, 2.05) is 11.8 Å². The molecule has 2 aromatic rings. The van der Waals surface area contributed by atoms with Crippen LogP contribution >= 0.6 is 0 Å². The van der Waals surface area contributed by atoms with E-state index in [2.05, 4.69) is 15.0 Å². The Morgan fingerprint density at radius 1 is 1.40 bits per heavy atom. The number of nitrogens with two attached hydrogens (primary N) is 1. The number of hydrogen-bond donors (Lipinski definition) is 1. The quantitative estimate of drug-likeness (QED) is 0.852. The summed E-state index contributed by atoms with van der Waals surface area (Å²) in [5.74, 6) is 0.768. The van der Waals surface area contributed by atoms with Crippen molar-refractivity contribution in [2.24, 2.45) is 4.99 Å². The summed E-state index contributed by atoms with van der Waals surface area (Å²) in [6.45, 7) is 2.53. The Morgan fingerprint density at radius 2 is 2.25 bits per heavy atom. The summed E-state index contributed by atoms with van der Waals surface area (Å²) >= 11 is 0. The van der Waals surface area contributed by atoms with Crippen LogP contribution in [0, 0.1) is 5.82 Å². The molecule has 0 atom stereocenters. The lowest BCUT2D eigenvalue weighted by atomic mass is 10.1. The molecule has 0 spiro atoms. The Balaban J connectivity index is 2.11. The molecule has 5 nitrogen and oxygen atoms in total. The van der Waals surface area contributed by atoms with Gasteiger partial charge in [0, 0.05) is 18.4 Å². The molecule has 1 aromatic heterocycles. The van der Waals surface area contributed by atoms with Crippen molar-refractivity contribution in [1.82, 2.24) is 9.97 Å². The van der Waals surface area contributed by atoms with Gasteiger partial charge in [-0.15, -0.1) is 0 Å². The molecule has 1 aliphatic rings. The van der Waals surface area contributed by atoms with E-state index in [0.717, 1.165) is 24.2 Å². The lowest BCUT2D eigenvalue weighted by Gasteiger charge is -2.20. The van der Waals surface area contributed by atoms with E-state index < -0.39 is 0 Å². The van der Waals surface area contributed by atoms with Crippen LogP contribution in [0.5, 0.6) is 0 Å². The van der Waals surface area contributed by atoms with Crippen molar-refractivity contribution in [3.05, 3.63) is 35.9 Å². The van der Waals surface area contributed by atoms with Gasteiger partial charge in [-0.1, -0.05) is 0 Å². The minimum Gasteiger partial charge on any atom is -0.382 e. The minimum atomic E-state index is -0.223. The van der Waals surface area contributed by atoms with Gasteiger partial charge < -0.3 is 10.6 Å². The summed E-state index contributed by atoms with van der Waals surface area (Å²) in [4.78, 5) is 14.5. The van der Waals surface area contributed by atoms with Crippen molar-refractivity contribution in [1.29, 1.82) is 0 Å². The molecular formula is C14H14FN5. The fourth-order valence-corrected chi connectivity index (χ4v) is 2.42. The third-order valence-electron chi connectivity index (χ3n) is 3.28. The average Bonchev–Trinajstić information content (AvgIpc) is 2.84. The van der Waals surface area contributed by atoms with E-state index >= 15 is 0 Å². The first-order chi connectivity index (χ1) is 9.70. The summed E-state index contributed by atoms with van der Waals surface area (Å²) in [5, 5.41) is 0. The minimum absolute atomic E-state index is 0.223. The number of rotatable bonds is 2. The van der Waals surface area contributed by atoms with Gasteiger partial charge in [-0.05, 0) is 37.1 Å². The normalized spacial score (nSPS) is 14.0. The van der Waals surface area contributed by atoms with Crippen molar-refractivity contribution in [3.63, 3.8) is 0 Å². The fourth-order valence-electron chi connectivity index (χ4n) is 2.42. The average molecular weight is 271 g/mol. The van der Waals surface area contributed by atoms with Crippen LogP contribution in [0.2, 0.25) is 0 Å². The van der Waals surface area contributed by atoms with Crippen LogP contribution in [-0.4, -0.2) is 22.7 Å². The van der Waals surface area contributed by atoms with Crippen LogP contribution < -0.4 is 10.6 Å². The van der Waals surface area contributed by atoms with Crippen molar-refractivity contribution >= 4 is 29.2 Å². The molecule has 0 bridgehead atoms. The molecule has 6 heteroatoms. The van der Waals surface area contributed by atoms with Gasteiger partial charge in [-0.2, -0.15) is 0 Å². The zero-order valence-corrected chi connectivity index (χ0v) is 11.0. The van der Waals surface area contributed by atoms with Gasteiger partial charge in [0.1, 0.15) is 17.8 Å². The molecule has 2 N–H and O–H groups in total. The first-order valence-electron chi connectivity index (χ1n) is 6.36. The third kappa shape index (κ3) is 1.99. The van der Waals surface area contributed by atoms with E-state index in [1.54, 1.807) is 18.3 Å². The number of fused-ring (bicyclic) bond motifs is 1. The molecule has 0 amide bonds. The number of aromatic nitrogens is 2. The fraction of sp³-hybridized carbons (Fsp3) is 0.214. The van der Waals surface area contributed by atoms with E-state index in [1.165, 1.54) is 12.4 Å². The second-order valence-corrected chi connectivity index (χ2v) is 4.49. The largest absolute Gasteiger partial charge is 0.382 e. The first-order valence-corrected chi connectivity index (χ1v) is 6.36. The highest BCUT2D eigenvalue weighted by molar-refractivity contribution is 5.82. The molecule has 0 radical (unpaired) electrons. The molecule has 3 rings (SSSR count). The SMILES string of the molecule is CC=Nc1c(N)ncnc1N1CCc2cc(F)ccc21. The van der Waals surface area contributed by atoms with Gasteiger partial charge in [0.05, 0.1) is 0 Å². The maximum Gasteiger partial charge on any atom is 0.164 e. The molecule has 1 aromatic carbocycles. The van der Waals surface area contributed by atoms with E-state index in [0.29, 0.717) is 17.3 Å². The standard InChI is InChI=1S/C14H14FN5/c1-2-17-12-13(16)18-8-19-14(12)20-6-5-9-7-10(15)3-4-11(9)20/h2-4,7-8H,5-6H2,1H3,(H2,16,18,19). The number of aliphatic imine (C=N–C) groups is 1. The molecule has 0 unspecified atom stereocenters. The summed E-state index contributed by atoms with van der Waals surface area (Å²) in [6, 6.07) is 4.77. The lowest BCUT2D eigenvalue weighted by Crippen LogP contribution is -2.15. The van der Waals surface area contributed by atoms with Crippen LogP contribution in [0.1, 0.15) is 12.5 Å². The second kappa shape index (κ2) is 4.88. The van der Waals surface area contributed by atoms with Crippen LogP contribution in [0.25, 0.3) is 0 Å². The molecule has 0 saturated heterocycles. The molecule has 0 fully saturated rings. The van der Waals surface area contributed by atoms with Crippen molar-refractivity contribution < 1.29 is 4.39 Å². The van der Waals surface area contributed by atoms with Crippen LogP contribution in [0.4, 0.5) is 27.4 Å². The Hall–Kier alpha value is -2.50. The van der Waals surface area contributed by atoms with Gasteiger partial charge in [-0.25, -0.2) is 14.4 Å². The highest BCUT2D eigenvalue weighted by atomic mass is 19.1. The first kappa shape index (κ1) is 12.5. The van der Waals surface area contributed by atoms with E-state index in [4.69, 9.17) is 5.73 Å². The number of nitrogen functional groups attached to an aromatic ring is 1. The maximum atomic E-state index is 13.3. The van der Waals surface area contributed by atoms with Gasteiger partial charge in [0.2, 0.25) is 0 Å². The molecule has 102 valence electrons. The van der Waals surface area contributed by atoms with Crippen LogP contribution in [0.3, 0.4) is 0 Å². The number of benzene rings is 1. The van der Waals surface area contributed by atoms with Gasteiger partial charge in [0.15, 0.2) is 11.6 Å². The molecule has 20 heavy (non-hydrogen) atoms. The summed E-state index contributed by atoms with van der Waals surface area (Å²) in [7, 11) is 0. The topological polar surface area (TPSA) is 67.4 Å². The summed E-state index contributed by atoms with van der Waals surface area (Å²) in [5.41, 5.74) is 8.32. The monoisotopic (exact) mass is 271 g/mol. The second-order valence-electron chi connectivity index (χ2n) is 4.49. The zero-order valence-electron chi connectivity index (χ0n) is 11.0. The molecule has 2 heterocycles. The van der Waals surface area contributed by atoms with Gasteiger partial charge in [0.25, 0.3) is 0 Å². The van der Waals surface area contributed by atoms with Crippen molar-refractivity contribution in [2.45, 2.75) is 13.3 Å². The smallest absolute Gasteiger partial charge is 0.164 e. The zero-order chi connectivity index (χ0) is 14.1. The van der Waals surface area contributed by atoms with Gasteiger partial charge in [-0.3, -0.25) is 4.99 Å². The van der Waals surface area contributed by atoms with Crippen LogP contribution in [0.15, 0.2) is 29.5 Å². The van der Waals surface area contributed by atoms with E-state index in [9.17, 15) is 4.39 Å². The summed E-state index contributed by atoms with van der Waals surface area (Å²) < 4.78 is 13.3. The summed E-state index contributed by atoms with van der Waals surface area (Å²) in [6.07, 6.45) is 3.84. The lowest BCUT2D eigenvalue weighted by molar-refractivity contribution is 0.626. The highest BCUT2D eigenvalue weighted by Crippen LogP contribution is 2.39.